The predicted molar refractivity (Wildman–Crippen MR) is 12.8 cm³/mol. The molecule has 0 saturated carbocycles. The Balaban J connectivity index is -0.0000000450. The van der Waals surface area contributed by atoms with Crippen molar-refractivity contribution in [2.45, 2.75) is 0 Å². The summed E-state index contributed by atoms with van der Waals surface area (Å²) in [6.45, 7) is 0. The first-order valence-electron chi connectivity index (χ1n) is 0.612. The molecule has 0 aliphatic heterocycles. The first-order valence-corrected chi connectivity index (χ1v) is 1.02. The van der Waals surface area contributed by atoms with Crippen LogP contribution in [0.15, 0.2) is 0 Å². The average Bonchev–Trinajstić information content (AvgIpc) is 0.811. The van der Waals surface area contributed by atoms with E-state index < -0.39 is 5.30 Å². The Labute approximate surface area is 159 Å². The minimum absolute atomic E-state index is 0. The molecule has 0 aromatic heterocycles. The SMILES string of the molecule is O=C([O-])[S-].[Cs+].[Cs+]. The molecule has 0 atom stereocenters. The van der Waals surface area contributed by atoms with Gasteiger partial charge in [-0.1, -0.05) is 5.30 Å². The molecule has 0 aliphatic carbocycles. The third-order valence-corrected chi connectivity index (χ3v) is 0. The van der Waals surface area contributed by atoms with Crippen molar-refractivity contribution in [3.8, 4) is 0 Å². The Morgan fingerprint density at radius 2 is 1.50 bits per heavy atom. The molecule has 0 bridgehead atoms. The molecule has 0 heterocycles. The van der Waals surface area contributed by atoms with Crippen LogP contribution in [0.2, 0.25) is 0 Å². The zero-order valence-corrected chi connectivity index (χ0v) is 17.1. The molecular formula is CCs2O2S. The number of hydrogen-bond donors (Lipinski definition) is 0. The summed E-state index contributed by atoms with van der Waals surface area (Å²) in [7, 11) is 0. The van der Waals surface area contributed by atoms with Gasteiger partial charge < -0.3 is 22.5 Å². The van der Waals surface area contributed by atoms with Gasteiger partial charge in [-0.3, -0.25) is 0 Å². The minimum atomic E-state index is -1.50. The summed E-state index contributed by atoms with van der Waals surface area (Å²) in [5, 5.41) is 7.20. The van der Waals surface area contributed by atoms with Crippen molar-refractivity contribution in [3.05, 3.63) is 0 Å². The molecule has 0 unspecified atom stereocenters. The van der Waals surface area contributed by atoms with Crippen LogP contribution in [0.1, 0.15) is 0 Å². The van der Waals surface area contributed by atoms with Crippen LogP contribution < -0.4 is 143 Å². The van der Waals surface area contributed by atoms with Crippen molar-refractivity contribution < 1.29 is 148 Å². The maximum Gasteiger partial charge on any atom is 1.00 e. The standard InChI is InChI=1S/CH2O2S.2Cs/c2-1(3)4;;/h4H,(H,2,3);;/q;2*+1/p-2. The van der Waals surface area contributed by atoms with Crippen molar-refractivity contribution in [2.24, 2.45) is 0 Å². The molecular weight excluding hydrogens is 342 g/mol. The van der Waals surface area contributed by atoms with E-state index in [0.29, 0.717) is 0 Å². The smallest absolute Gasteiger partial charge is 0.764 e. The van der Waals surface area contributed by atoms with Gasteiger partial charge >= 0.3 is 138 Å². The summed E-state index contributed by atoms with van der Waals surface area (Å²) in [6.07, 6.45) is 0. The van der Waals surface area contributed by atoms with Crippen molar-refractivity contribution >= 4 is 17.9 Å². The van der Waals surface area contributed by atoms with E-state index in [4.69, 9.17) is 9.90 Å². The predicted octanol–water partition coefficient (Wildman–Crippen LogP) is -7.12. The minimum Gasteiger partial charge on any atom is -0.764 e. The van der Waals surface area contributed by atoms with Crippen molar-refractivity contribution in [2.75, 3.05) is 0 Å². The molecule has 0 radical (unpaired) electrons. The first kappa shape index (κ1) is 16.4. The van der Waals surface area contributed by atoms with E-state index >= 15 is 0 Å². The maximum absolute atomic E-state index is 8.70. The Kier molecular flexibility index (Phi) is 31.7. The Bertz CT molecular complexity index is 34.5. The summed E-state index contributed by atoms with van der Waals surface area (Å²) in [6, 6.07) is 0. The second-order valence-corrected chi connectivity index (χ2v) is 0.583. The first-order chi connectivity index (χ1) is 1.73. The van der Waals surface area contributed by atoms with E-state index in [1.54, 1.807) is 0 Å². The van der Waals surface area contributed by atoms with Gasteiger partial charge in [0.15, 0.2) is 0 Å². The van der Waals surface area contributed by atoms with Gasteiger partial charge in [-0.2, -0.15) is 0 Å². The molecule has 24 valence electrons. The third-order valence-electron chi connectivity index (χ3n) is 0. The molecule has 0 aliphatic rings. The average molecular weight is 342 g/mol. The largest absolute Gasteiger partial charge is 1.00 e. The number of rotatable bonds is 0. The van der Waals surface area contributed by atoms with Crippen LogP contribution in [-0.4, -0.2) is 5.30 Å². The Hall–Kier alpha value is 3.79. The van der Waals surface area contributed by atoms with Gasteiger partial charge in [-0.25, -0.2) is 0 Å². The number of carbonyl (C=O) groups is 1. The molecule has 0 N–H and O–H groups in total. The van der Waals surface area contributed by atoms with Crippen LogP contribution in [0, 0.1) is 0 Å². The normalized spacial score (nSPS) is 4.00. The van der Waals surface area contributed by atoms with Crippen molar-refractivity contribution in [1.29, 1.82) is 0 Å². The Morgan fingerprint density at radius 1 is 1.50 bits per heavy atom. The van der Waals surface area contributed by atoms with Crippen LogP contribution in [0.4, 0.5) is 4.79 Å². The van der Waals surface area contributed by atoms with E-state index in [2.05, 4.69) is 12.6 Å². The van der Waals surface area contributed by atoms with Gasteiger partial charge in [-0.15, -0.1) is 0 Å². The number of carbonyl (C=O) groups excluding carboxylic acids is 1. The summed E-state index contributed by atoms with van der Waals surface area (Å²) < 4.78 is 0. The zero-order chi connectivity index (χ0) is 3.58. The van der Waals surface area contributed by atoms with Crippen LogP contribution in [0.25, 0.3) is 0 Å². The van der Waals surface area contributed by atoms with E-state index in [1.807, 2.05) is 0 Å². The quantitative estimate of drug-likeness (QED) is 0.411. The number of hydrogen-bond acceptors (Lipinski definition) is 3. The van der Waals surface area contributed by atoms with E-state index in [-0.39, 0.29) is 138 Å². The molecule has 0 rings (SSSR count). The molecule has 0 fully saturated rings. The van der Waals surface area contributed by atoms with Crippen molar-refractivity contribution in [3.63, 3.8) is 0 Å². The summed E-state index contributed by atoms with van der Waals surface area (Å²) in [5.41, 5.74) is 0. The summed E-state index contributed by atoms with van der Waals surface area (Å²) >= 11 is 3.43. The summed E-state index contributed by atoms with van der Waals surface area (Å²) in [4.78, 5) is 8.70. The zero-order valence-electron chi connectivity index (χ0n) is 3.72. The molecule has 5 heteroatoms. The maximum atomic E-state index is 8.70. The monoisotopic (exact) mass is 342 g/mol. The molecule has 6 heavy (non-hydrogen) atoms. The molecule has 0 spiro atoms. The van der Waals surface area contributed by atoms with Crippen LogP contribution in [0.3, 0.4) is 0 Å². The molecule has 2 nitrogen and oxygen atoms in total. The van der Waals surface area contributed by atoms with Gasteiger partial charge in [0.25, 0.3) is 0 Å². The van der Waals surface area contributed by atoms with Gasteiger partial charge in [0, 0.05) is 0 Å². The number of carboxylic acid groups (broad SMARTS) is 1. The topological polar surface area (TPSA) is 40.1 Å². The fourth-order valence-electron chi connectivity index (χ4n) is 0. The second-order valence-electron chi connectivity index (χ2n) is 0.250. The van der Waals surface area contributed by atoms with E-state index in [0.717, 1.165) is 0 Å². The fraction of sp³-hybridized carbons (Fsp3) is 0. The van der Waals surface area contributed by atoms with Gasteiger partial charge in [0.1, 0.15) is 0 Å². The van der Waals surface area contributed by atoms with Gasteiger partial charge in [0.05, 0.1) is 0 Å². The van der Waals surface area contributed by atoms with Crippen LogP contribution in [-0.2, 0) is 12.6 Å². The molecule has 0 amide bonds. The Morgan fingerprint density at radius 3 is 1.50 bits per heavy atom. The van der Waals surface area contributed by atoms with Crippen molar-refractivity contribution in [1.82, 2.24) is 0 Å². The van der Waals surface area contributed by atoms with Gasteiger partial charge in [0.2, 0.25) is 0 Å². The molecule has 0 aromatic rings. The van der Waals surface area contributed by atoms with Crippen LogP contribution >= 0.6 is 0 Å². The summed E-state index contributed by atoms with van der Waals surface area (Å²) in [5.74, 6) is 0. The third kappa shape index (κ3) is 25.0. The van der Waals surface area contributed by atoms with E-state index in [9.17, 15) is 0 Å². The molecule has 0 saturated heterocycles. The molecule has 0 aromatic carbocycles. The fourth-order valence-corrected chi connectivity index (χ4v) is 0. The van der Waals surface area contributed by atoms with E-state index in [1.165, 1.54) is 0 Å². The van der Waals surface area contributed by atoms with Crippen LogP contribution in [0.5, 0.6) is 0 Å². The second kappa shape index (κ2) is 11.6. The van der Waals surface area contributed by atoms with Gasteiger partial charge in [-0.05, 0) is 0 Å².